The molecule has 4 rings (SSSR count). The lowest BCUT2D eigenvalue weighted by molar-refractivity contribution is 0.0695. The standard InChI is InChI=1S/C25H24N2O4S2/c1-5-27(33(30,31)21-12-15(2)16(3)22(14-21)25(28)29)23-17(4)32-24(26-23)20-11-10-18-8-6-7-9-19(18)13-20/h6-14H,5H2,1-4H3,(H,28,29). The van der Waals surface area contributed by atoms with E-state index in [1.165, 1.54) is 27.8 Å². The van der Waals surface area contributed by atoms with Crippen LogP contribution < -0.4 is 4.31 Å². The fourth-order valence-electron chi connectivity index (χ4n) is 3.82. The van der Waals surface area contributed by atoms with Crippen molar-refractivity contribution in [2.45, 2.75) is 32.6 Å². The molecule has 0 fully saturated rings. The van der Waals surface area contributed by atoms with Crippen LogP contribution in [0.15, 0.2) is 59.5 Å². The Morgan fingerprint density at radius 1 is 1.03 bits per heavy atom. The van der Waals surface area contributed by atoms with Gasteiger partial charge in [-0.2, -0.15) is 0 Å². The van der Waals surface area contributed by atoms with Crippen LogP contribution in [-0.2, 0) is 10.0 Å². The first kappa shape index (κ1) is 22.9. The lowest BCUT2D eigenvalue weighted by atomic mass is 10.0. The minimum atomic E-state index is -4.01. The molecule has 0 radical (unpaired) electrons. The molecule has 0 saturated carbocycles. The summed E-state index contributed by atoms with van der Waals surface area (Å²) < 4.78 is 28.4. The van der Waals surface area contributed by atoms with E-state index in [4.69, 9.17) is 4.98 Å². The first-order chi connectivity index (χ1) is 15.6. The third kappa shape index (κ3) is 4.12. The maximum atomic E-state index is 13.6. The number of carboxylic acids is 1. The van der Waals surface area contributed by atoms with Crippen molar-refractivity contribution in [2.24, 2.45) is 0 Å². The van der Waals surface area contributed by atoms with Crippen molar-refractivity contribution in [2.75, 3.05) is 10.8 Å². The van der Waals surface area contributed by atoms with Gasteiger partial charge in [-0.1, -0.05) is 36.4 Å². The van der Waals surface area contributed by atoms with Crippen molar-refractivity contribution in [3.05, 3.63) is 76.2 Å². The van der Waals surface area contributed by atoms with Gasteiger partial charge in [0.2, 0.25) is 0 Å². The zero-order chi connectivity index (χ0) is 23.9. The van der Waals surface area contributed by atoms with Crippen molar-refractivity contribution in [3.63, 3.8) is 0 Å². The number of sulfonamides is 1. The summed E-state index contributed by atoms with van der Waals surface area (Å²) in [6, 6.07) is 16.8. The Kier molecular flexibility index (Phi) is 5.99. The third-order valence-electron chi connectivity index (χ3n) is 5.75. The fraction of sp³-hybridized carbons (Fsp3) is 0.200. The third-order valence-corrected chi connectivity index (χ3v) is 8.60. The molecule has 0 saturated heterocycles. The van der Waals surface area contributed by atoms with Crippen LogP contribution >= 0.6 is 11.3 Å². The number of carboxylic acid groups (broad SMARTS) is 1. The van der Waals surface area contributed by atoms with Gasteiger partial charge in [-0.05, 0) is 67.8 Å². The average molecular weight is 481 g/mol. The molecule has 8 heteroatoms. The first-order valence-corrected chi connectivity index (χ1v) is 12.7. The van der Waals surface area contributed by atoms with E-state index in [1.807, 2.05) is 49.4 Å². The molecule has 0 unspecified atom stereocenters. The first-order valence-electron chi connectivity index (χ1n) is 10.5. The lowest BCUT2D eigenvalue weighted by Crippen LogP contribution is -2.32. The van der Waals surface area contributed by atoms with Crippen molar-refractivity contribution >= 4 is 43.9 Å². The highest BCUT2D eigenvalue weighted by molar-refractivity contribution is 7.92. The Labute approximate surface area is 197 Å². The number of nitrogens with zero attached hydrogens (tertiary/aromatic N) is 2. The molecule has 0 spiro atoms. The Balaban J connectivity index is 1.79. The molecule has 1 N–H and O–H groups in total. The molecule has 0 aliphatic heterocycles. The minimum absolute atomic E-state index is 0.0171. The predicted molar refractivity (Wildman–Crippen MR) is 133 cm³/mol. The van der Waals surface area contributed by atoms with E-state index in [0.717, 1.165) is 26.2 Å². The smallest absolute Gasteiger partial charge is 0.336 e. The quantitative estimate of drug-likeness (QED) is 0.377. The maximum Gasteiger partial charge on any atom is 0.336 e. The Morgan fingerprint density at radius 2 is 1.73 bits per heavy atom. The summed E-state index contributed by atoms with van der Waals surface area (Å²) in [5.41, 5.74) is 2.06. The second-order valence-corrected chi connectivity index (χ2v) is 10.9. The number of thiazole rings is 1. The maximum absolute atomic E-state index is 13.6. The van der Waals surface area contributed by atoms with Gasteiger partial charge < -0.3 is 5.11 Å². The minimum Gasteiger partial charge on any atom is -0.478 e. The molecule has 1 aromatic heterocycles. The van der Waals surface area contributed by atoms with Gasteiger partial charge in [0.05, 0.1) is 10.5 Å². The molecule has 6 nitrogen and oxygen atoms in total. The van der Waals surface area contributed by atoms with Crippen molar-refractivity contribution < 1.29 is 18.3 Å². The zero-order valence-electron chi connectivity index (χ0n) is 18.8. The molecular formula is C25H24N2O4S2. The van der Waals surface area contributed by atoms with Gasteiger partial charge in [-0.3, -0.25) is 0 Å². The molecule has 0 bridgehead atoms. The molecule has 170 valence electrons. The van der Waals surface area contributed by atoms with Crippen LogP contribution in [0.3, 0.4) is 0 Å². The second-order valence-electron chi connectivity index (χ2n) is 7.85. The normalized spacial score (nSPS) is 11.6. The number of hydrogen-bond acceptors (Lipinski definition) is 5. The van der Waals surface area contributed by atoms with E-state index in [0.29, 0.717) is 16.9 Å². The SMILES string of the molecule is CCN(c1nc(-c2ccc3ccccc3c2)sc1C)S(=O)(=O)c1cc(C)c(C)c(C(=O)O)c1. The molecule has 0 atom stereocenters. The van der Waals surface area contributed by atoms with E-state index >= 15 is 0 Å². The largest absolute Gasteiger partial charge is 0.478 e. The number of benzene rings is 3. The Hall–Kier alpha value is -3.23. The molecule has 1 heterocycles. The van der Waals surface area contributed by atoms with Crippen LogP contribution in [0.2, 0.25) is 0 Å². The molecule has 33 heavy (non-hydrogen) atoms. The lowest BCUT2D eigenvalue weighted by Gasteiger charge is -2.22. The number of hydrogen-bond donors (Lipinski definition) is 1. The van der Waals surface area contributed by atoms with Gasteiger partial charge in [0.1, 0.15) is 5.01 Å². The van der Waals surface area contributed by atoms with Gasteiger partial charge in [0, 0.05) is 17.0 Å². The summed E-state index contributed by atoms with van der Waals surface area (Å²) in [6.07, 6.45) is 0. The number of anilines is 1. The van der Waals surface area contributed by atoms with E-state index in [1.54, 1.807) is 20.8 Å². The van der Waals surface area contributed by atoms with Gasteiger partial charge in [-0.15, -0.1) is 11.3 Å². The van der Waals surface area contributed by atoms with E-state index in [2.05, 4.69) is 0 Å². The van der Waals surface area contributed by atoms with E-state index < -0.39 is 16.0 Å². The molecule has 0 aliphatic carbocycles. The number of carbonyl (C=O) groups is 1. The second kappa shape index (κ2) is 8.61. The summed E-state index contributed by atoms with van der Waals surface area (Å²) in [6.45, 7) is 7.14. The summed E-state index contributed by atoms with van der Waals surface area (Å²) >= 11 is 1.43. The molecule has 0 amide bonds. The molecule has 4 aromatic rings. The van der Waals surface area contributed by atoms with Crippen LogP contribution in [0, 0.1) is 20.8 Å². The monoisotopic (exact) mass is 480 g/mol. The van der Waals surface area contributed by atoms with Crippen molar-refractivity contribution in [1.29, 1.82) is 0 Å². The Morgan fingerprint density at radius 3 is 2.39 bits per heavy atom. The number of aromatic nitrogens is 1. The molecular weight excluding hydrogens is 456 g/mol. The summed E-state index contributed by atoms with van der Waals surface area (Å²) in [5, 5.41) is 12.5. The van der Waals surface area contributed by atoms with Crippen molar-refractivity contribution in [3.8, 4) is 10.6 Å². The van der Waals surface area contributed by atoms with Gasteiger partial charge in [0.25, 0.3) is 10.0 Å². The highest BCUT2D eigenvalue weighted by Crippen LogP contribution is 2.36. The highest BCUT2D eigenvalue weighted by atomic mass is 32.2. The fourth-order valence-corrected chi connectivity index (χ4v) is 6.39. The van der Waals surface area contributed by atoms with Crippen LogP contribution in [0.25, 0.3) is 21.3 Å². The molecule has 0 aliphatic rings. The average Bonchev–Trinajstić information content (AvgIpc) is 3.16. The van der Waals surface area contributed by atoms with Crippen LogP contribution in [-0.4, -0.2) is 31.0 Å². The number of aryl methyl sites for hydroxylation is 2. The summed E-state index contributed by atoms with van der Waals surface area (Å²) in [5.74, 6) is -0.792. The summed E-state index contributed by atoms with van der Waals surface area (Å²) in [7, 11) is -4.01. The zero-order valence-corrected chi connectivity index (χ0v) is 20.4. The predicted octanol–water partition coefficient (Wildman–Crippen LogP) is 5.80. The topological polar surface area (TPSA) is 87.6 Å². The van der Waals surface area contributed by atoms with Crippen LogP contribution in [0.5, 0.6) is 0 Å². The van der Waals surface area contributed by atoms with Gasteiger partial charge in [0.15, 0.2) is 5.82 Å². The van der Waals surface area contributed by atoms with Gasteiger partial charge in [-0.25, -0.2) is 22.5 Å². The van der Waals surface area contributed by atoms with Crippen LogP contribution in [0.1, 0.15) is 33.3 Å². The number of aromatic carboxylic acids is 1. The van der Waals surface area contributed by atoms with Gasteiger partial charge >= 0.3 is 5.97 Å². The molecule has 3 aromatic carbocycles. The highest BCUT2D eigenvalue weighted by Gasteiger charge is 2.29. The Bertz CT molecular complexity index is 1490. The van der Waals surface area contributed by atoms with Crippen molar-refractivity contribution in [1.82, 2.24) is 4.98 Å². The van der Waals surface area contributed by atoms with E-state index in [9.17, 15) is 18.3 Å². The van der Waals surface area contributed by atoms with E-state index in [-0.39, 0.29) is 17.0 Å². The summed E-state index contributed by atoms with van der Waals surface area (Å²) in [4.78, 5) is 17.1. The number of rotatable bonds is 6. The van der Waals surface area contributed by atoms with Crippen LogP contribution in [0.4, 0.5) is 5.82 Å². The number of fused-ring (bicyclic) bond motifs is 1.